The highest BCUT2D eigenvalue weighted by atomic mass is 19.1. The van der Waals surface area contributed by atoms with E-state index in [4.69, 9.17) is 4.74 Å². The molecule has 0 saturated heterocycles. The van der Waals surface area contributed by atoms with E-state index in [1.165, 1.54) is 12.8 Å². The summed E-state index contributed by atoms with van der Waals surface area (Å²) >= 11 is 0. The van der Waals surface area contributed by atoms with Gasteiger partial charge in [-0.3, -0.25) is 0 Å². The third-order valence-electron chi connectivity index (χ3n) is 6.52. The summed E-state index contributed by atoms with van der Waals surface area (Å²) in [6.07, 6.45) is 4.66. The summed E-state index contributed by atoms with van der Waals surface area (Å²) in [5.41, 5.74) is 0. The van der Waals surface area contributed by atoms with Crippen molar-refractivity contribution in [3.63, 3.8) is 0 Å². The first kappa shape index (κ1) is 12.4. The van der Waals surface area contributed by atoms with Crippen LogP contribution in [0.3, 0.4) is 0 Å². The zero-order chi connectivity index (χ0) is 14.0. The van der Waals surface area contributed by atoms with Crippen molar-refractivity contribution >= 4 is 0 Å². The zero-order valence-corrected chi connectivity index (χ0v) is 11.6. The predicted octanol–water partition coefficient (Wildman–Crippen LogP) is 3.82. The molecule has 4 fully saturated rings. The van der Waals surface area contributed by atoms with Gasteiger partial charge in [-0.15, -0.1) is 0 Å². The van der Waals surface area contributed by atoms with Crippen LogP contribution in [0, 0.1) is 52.8 Å². The molecule has 0 radical (unpaired) electrons. The highest BCUT2D eigenvalue weighted by Crippen LogP contribution is 2.69. The molecule has 106 valence electrons. The second-order valence-electron chi connectivity index (χ2n) is 7.17. The molecule has 20 heavy (non-hydrogen) atoms. The summed E-state index contributed by atoms with van der Waals surface area (Å²) in [6.45, 7) is 6.88. The lowest BCUT2D eigenvalue weighted by atomic mass is 9.67. The van der Waals surface area contributed by atoms with Crippen molar-refractivity contribution in [2.45, 2.75) is 31.8 Å². The van der Waals surface area contributed by atoms with Gasteiger partial charge in [-0.05, 0) is 61.2 Å². The number of halogens is 1. The predicted molar refractivity (Wildman–Crippen MR) is 72.8 cm³/mol. The Hall–Kier alpha value is -1.30. The first-order chi connectivity index (χ1) is 9.60. The Morgan fingerprint density at radius 2 is 1.70 bits per heavy atom. The van der Waals surface area contributed by atoms with E-state index in [0.29, 0.717) is 35.5 Å². The molecule has 4 saturated carbocycles. The van der Waals surface area contributed by atoms with Crippen LogP contribution in [0.2, 0.25) is 0 Å². The molecule has 4 aliphatic rings. The van der Waals surface area contributed by atoms with Gasteiger partial charge in [0.05, 0.1) is 6.07 Å². The molecule has 0 aliphatic heterocycles. The van der Waals surface area contributed by atoms with E-state index in [1.807, 2.05) is 0 Å². The Balaban J connectivity index is 1.52. The van der Waals surface area contributed by atoms with Crippen molar-refractivity contribution in [2.24, 2.45) is 41.4 Å². The van der Waals surface area contributed by atoms with E-state index in [9.17, 15) is 9.65 Å². The fourth-order valence-electron chi connectivity index (χ4n) is 6.07. The summed E-state index contributed by atoms with van der Waals surface area (Å²) in [5.74, 6) is 3.87. The standard InChI is InChI=1S/C17H20FNO/c1-8(18)9(2)20-15-6-11-5-14(15)17-10-3-12(7-19)13(4-10)16(11)17/h10-17H,1-6H2. The van der Waals surface area contributed by atoms with Crippen LogP contribution in [0.15, 0.2) is 24.7 Å². The molecule has 8 atom stereocenters. The average Bonchev–Trinajstić information content (AvgIpc) is 3.14. The van der Waals surface area contributed by atoms with Gasteiger partial charge in [-0.1, -0.05) is 13.2 Å². The van der Waals surface area contributed by atoms with Crippen LogP contribution in [-0.2, 0) is 4.74 Å². The summed E-state index contributed by atoms with van der Waals surface area (Å²) in [5, 5.41) is 9.27. The van der Waals surface area contributed by atoms with E-state index >= 15 is 0 Å². The zero-order valence-electron chi connectivity index (χ0n) is 11.6. The number of rotatable bonds is 3. The molecule has 0 heterocycles. The van der Waals surface area contributed by atoms with Crippen LogP contribution in [0.25, 0.3) is 0 Å². The maximum atomic E-state index is 13.1. The highest BCUT2D eigenvalue weighted by Gasteiger charge is 2.65. The van der Waals surface area contributed by atoms with E-state index < -0.39 is 5.83 Å². The number of nitrogens with zero attached hydrogens (tertiary/aromatic N) is 1. The summed E-state index contributed by atoms with van der Waals surface area (Å²) < 4.78 is 18.8. The van der Waals surface area contributed by atoms with Gasteiger partial charge in [0.15, 0.2) is 5.83 Å². The van der Waals surface area contributed by atoms with Crippen LogP contribution in [0.4, 0.5) is 4.39 Å². The molecule has 4 bridgehead atoms. The van der Waals surface area contributed by atoms with E-state index in [-0.39, 0.29) is 11.9 Å². The fraction of sp³-hybridized carbons (Fsp3) is 0.706. The molecule has 0 aromatic carbocycles. The van der Waals surface area contributed by atoms with Crippen molar-refractivity contribution in [1.82, 2.24) is 0 Å². The average molecular weight is 273 g/mol. The van der Waals surface area contributed by atoms with Crippen LogP contribution in [0.5, 0.6) is 0 Å². The number of fused-ring (bicyclic) bond motifs is 9. The monoisotopic (exact) mass is 273 g/mol. The minimum absolute atomic E-state index is 0.108. The Kier molecular flexibility index (Phi) is 2.55. The van der Waals surface area contributed by atoms with Crippen LogP contribution >= 0.6 is 0 Å². The molecule has 8 unspecified atom stereocenters. The highest BCUT2D eigenvalue weighted by molar-refractivity contribution is 5.18. The Labute approximate surface area is 119 Å². The van der Waals surface area contributed by atoms with E-state index in [0.717, 1.165) is 18.8 Å². The summed E-state index contributed by atoms with van der Waals surface area (Å²) in [7, 11) is 0. The molecule has 2 nitrogen and oxygen atoms in total. The van der Waals surface area contributed by atoms with E-state index in [1.54, 1.807) is 0 Å². The maximum Gasteiger partial charge on any atom is 0.157 e. The lowest BCUT2D eigenvalue weighted by Gasteiger charge is -2.40. The SMILES string of the molecule is C=C(F)C(=C)OC1CC2CC1C1C3CC(C#N)C(C3)C21. The molecule has 3 heteroatoms. The van der Waals surface area contributed by atoms with Gasteiger partial charge in [0.25, 0.3) is 0 Å². The van der Waals surface area contributed by atoms with Gasteiger partial charge in [0.1, 0.15) is 11.9 Å². The molecule has 0 aromatic rings. The lowest BCUT2D eigenvalue weighted by molar-refractivity contribution is 0.00121. The Morgan fingerprint density at radius 1 is 1.05 bits per heavy atom. The van der Waals surface area contributed by atoms with Gasteiger partial charge >= 0.3 is 0 Å². The third kappa shape index (κ3) is 1.48. The summed E-state index contributed by atoms with van der Waals surface area (Å²) in [4.78, 5) is 0. The minimum atomic E-state index is -0.554. The number of ether oxygens (including phenoxy) is 1. The van der Waals surface area contributed by atoms with Crippen LogP contribution in [-0.4, -0.2) is 6.10 Å². The molecule has 4 aliphatic carbocycles. The van der Waals surface area contributed by atoms with Crippen molar-refractivity contribution in [3.05, 3.63) is 24.7 Å². The van der Waals surface area contributed by atoms with E-state index in [2.05, 4.69) is 19.2 Å². The molecular weight excluding hydrogens is 253 g/mol. The van der Waals surface area contributed by atoms with Gasteiger partial charge in [-0.2, -0.15) is 5.26 Å². The largest absolute Gasteiger partial charge is 0.488 e. The Bertz CT molecular complexity index is 522. The minimum Gasteiger partial charge on any atom is -0.488 e. The lowest BCUT2D eigenvalue weighted by Crippen LogP contribution is -2.38. The molecule has 4 rings (SSSR count). The first-order valence-corrected chi connectivity index (χ1v) is 7.70. The molecule has 0 spiro atoms. The van der Waals surface area contributed by atoms with Crippen LogP contribution < -0.4 is 0 Å². The number of hydrogen-bond donors (Lipinski definition) is 0. The van der Waals surface area contributed by atoms with Crippen molar-refractivity contribution in [3.8, 4) is 6.07 Å². The Morgan fingerprint density at radius 3 is 2.40 bits per heavy atom. The van der Waals surface area contributed by atoms with Crippen molar-refractivity contribution in [1.29, 1.82) is 5.26 Å². The third-order valence-corrected chi connectivity index (χ3v) is 6.52. The second kappa shape index (κ2) is 4.10. The number of nitriles is 1. The fourth-order valence-corrected chi connectivity index (χ4v) is 6.07. The topological polar surface area (TPSA) is 33.0 Å². The molecular formula is C17H20FNO. The summed E-state index contributed by atoms with van der Waals surface area (Å²) in [6, 6.07) is 2.52. The first-order valence-electron chi connectivity index (χ1n) is 7.70. The molecule has 0 N–H and O–H groups in total. The number of allylic oxidation sites excluding steroid dienone is 1. The number of hydrogen-bond acceptors (Lipinski definition) is 2. The van der Waals surface area contributed by atoms with Gasteiger partial charge < -0.3 is 4.74 Å². The van der Waals surface area contributed by atoms with Gasteiger partial charge in [-0.25, -0.2) is 4.39 Å². The second-order valence-corrected chi connectivity index (χ2v) is 7.17. The quantitative estimate of drug-likeness (QED) is 0.445. The van der Waals surface area contributed by atoms with Crippen molar-refractivity contribution in [2.75, 3.05) is 0 Å². The van der Waals surface area contributed by atoms with Crippen molar-refractivity contribution < 1.29 is 9.13 Å². The van der Waals surface area contributed by atoms with Gasteiger partial charge in [0, 0.05) is 5.92 Å². The normalized spacial score (nSPS) is 50.8. The molecule has 0 amide bonds. The maximum absolute atomic E-state index is 13.1. The van der Waals surface area contributed by atoms with Gasteiger partial charge in [0.2, 0.25) is 0 Å². The smallest absolute Gasteiger partial charge is 0.157 e. The molecule has 0 aromatic heterocycles. The van der Waals surface area contributed by atoms with Crippen LogP contribution in [0.1, 0.15) is 25.7 Å².